The smallest absolute Gasteiger partial charge is 0.407 e. The Hall–Kier alpha value is -1.26. The first kappa shape index (κ1) is 15.8. The highest BCUT2D eigenvalue weighted by molar-refractivity contribution is 5.76. The van der Waals surface area contributed by atoms with Crippen LogP contribution in [0.15, 0.2) is 0 Å². The summed E-state index contributed by atoms with van der Waals surface area (Å²) >= 11 is 0. The molecule has 1 fully saturated rings. The lowest BCUT2D eigenvalue weighted by atomic mass is 9.75. The molecule has 1 rings (SSSR count). The third-order valence-corrected chi connectivity index (χ3v) is 3.80. The SMILES string of the molecule is CC(C)[C@@]1(C(=O)O)CC[C@H](NC(=O)OC(C)(C)C)C1. The summed E-state index contributed by atoms with van der Waals surface area (Å²) in [5, 5.41) is 12.2. The second-order valence-corrected chi connectivity index (χ2v) is 6.70. The van der Waals surface area contributed by atoms with Gasteiger partial charge in [0.15, 0.2) is 0 Å². The van der Waals surface area contributed by atoms with Gasteiger partial charge >= 0.3 is 12.1 Å². The Bertz CT molecular complexity index is 359. The van der Waals surface area contributed by atoms with Crippen molar-refractivity contribution in [2.24, 2.45) is 11.3 Å². The lowest BCUT2D eigenvalue weighted by Crippen LogP contribution is -2.40. The molecule has 1 saturated carbocycles. The Kier molecular flexibility index (Phi) is 4.48. The summed E-state index contributed by atoms with van der Waals surface area (Å²) in [6.45, 7) is 9.25. The van der Waals surface area contributed by atoms with Gasteiger partial charge in [0.25, 0.3) is 0 Å². The van der Waals surface area contributed by atoms with Gasteiger partial charge in [-0.2, -0.15) is 0 Å². The van der Waals surface area contributed by atoms with Crippen molar-refractivity contribution < 1.29 is 19.4 Å². The predicted octanol–water partition coefficient (Wildman–Crippen LogP) is 2.79. The highest BCUT2D eigenvalue weighted by Crippen LogP contribution is 2.44. The number of amides is 1. The molecule has 2 atom stereocenters. The second kappa shape index (κ2) is 5.39. The monoisotopic (exact) mass is 271 g/mol. The average molecular weight is 271 g/mol. The quantitative estimate of drug-likeness (QED) is 0.827. The Labute approximate surface area is 114 Å². The molecule has 0 saturated heterocycles. The van der Waals surface area contributed by atoms with Crippen molar-refractivity contribution in [2.45, 2.75) is 65.5 Å². The molecule has 0 aromatic heterocycles. The number of rotatable bonds is 3. The number of carboxylic acids is 1. The molecule has 0 aromatic rings. The Morgan fingerprint density at radius 2 is 1.95 bits per heavy atom. The standard InChI is InChI=1S/C14H25NO4/c1-9(2)14(11(16)17)7-6-10(8-14)15-12(18)19-13(3,4)5/h9-10H,6-8H2,1-5H3,(H,15,18)(H,16,17)/t10-,14+/m0/s1. The number of hydrogen-bond donors (Lipinski definition) is 2. The molecule has 110 valence electrons. The lowest BCUT2D eigenvalue weighted by molar-refractivity contribution is -0.151. The molecule has 5 nitrogen and oxygen atoms in total. The molecule has 0 spiro atoms. The number of aliphatic carboxylic acids is 1. The first-order valence-electron chi connectivity index (χ1n) is 6.80. The number of ether oxygens (including phenoxy) is 1. The first-order chi connectivity index (χ1) is 8.57. The van der Waals surface area contributed by atoms with Gasteiger partial charge in [-0.1, -0.05) is 13.8 Å². The molecule has 0 aliphatic heterocycles. The minimum atomic E-state index is -0.768. The Balaban J connectivity index is 2.61. The van der Waals surface area contributed by atoms with Gasteiger partial charge in [-0.15, -0.1) is 0 Å². The zero-order chi connectivity index (χ0) is 14.8. The molecule has 1 aliphatic carbocycles. The van der Waals surface area contributed by atoms with Crippen LogP contribution in [0.4, 0.5) is 4.79 Å². The van der Waals surface area contributed by atoms with Crippen molar-refractivity contribution >= 4 is 12.1 Å². The van der Waals surface area contributed by atoms with E-state index in [4.69, 9.17) is 4.74 Å². The zero-order valence-electron chi connectivity index (χ0n) is 12.4. The minimum Gasteiger partial charge on any atom is -0.481 e. The molecular weight excluding hydrogens is 246 g/mol. The summed E-state index contributed by atoms with van der Waals surface area (Å²) < 4.78 is 5.19. The number of carbonyl (C=O) groups is 2. The van der Waals surface area contributed by atoms with Gasteiger partial charge in [0, 0.05) is 6.04 Å². The van der Waals surface area contributed by atoms with Gasteiger partial charge in [-0.05, 0) is 46.0 Å². The minimum absolute atomic E-state index is 0.0513. The Morgan fingerprint density at radius 1 is 1.37 bits per heavy atom. The van der Waals surface area contributed by atoms with Crippen LogP contribution in [0.5, 0.6) is 0 Å². The van der Waals surface area contributed by atoms with Gasteiger partial charge < -0.3 is 15.2 Å². The summed E-state index contributed by atoms with van der Waals surface area (Å²) in [7, 11) is 0. The van der Waals surface area contributed by atoms with E-state index < -0.39 is 23.1 Å². The number of carboxylic acid groups (broad SMARTS) is 1. The maximum Gasteiger partial charge on any atom is 0.407 e. The maximum absolute atomic E-state index is 11.7. The third kappa shape index (κ3) is 3.85. The van der Waals surface area contributed by atoms with E-state index in [0.717, 1.165) is 0 Å². The first-order valence-corrected chi connectivity index (χ1v) is 6.80. The number of carbonyl (C=O) groups excluding carboxylic acids is 1. The van der Waals surface area contributed by atoms with Crippen molar-refractivity contribution in [1.82, 2.24) is 5.32 Å². The van der Waals surface area contributed by atoms with Crippen molar-refractivity contribution in [1.29, 1.82) is 0 Å². The van der Waals surface area contributed by atoms with Crippen LogP contribution in [0, 0.1) is 11.3 Å². The fourth-order valence-corrected chi connectivity index (χ4v) is 2.64. The van der Waals surface area contributed by atoms with Crippen LogP contribution < -0.4 is 5.32 Å². The highest BCUT2D eigenvalue weighted by atomic mass is 16.6. The predicted molar refractivity (Wildman–Crippen MR) is 71.9 cm³/mol. The summed E-state index contributed by atoms with van der Waals surface area (Å²) in [6.07, 6.45) is 1.28. The van der Waals surface area contributed by atoms with E-state index in [1.807, 2.05) is 13.8 Å². The molecule has 1 amide bonds. The summed E-state index contributed by atoms with van der Waals surface area (Å²) in [5.74, 6) is -0.716. The topological polar surface area (TPSA) is 75.6 Å². The van der Waals surface area contributed by atoms with E-state index in [1.165, 1.54) is 0 Å². The van der Waals surface area contributed by atoms with E-state index in [0.29, 0.717) is 19.3 Å². The molecule has 2 N–H and O–H groups in total. The van der Waals surface area contributed by atoms with Crippen LogP contribution in [0.1, 0.15) is 53.9 Å². The number of alkyl carbamates (subject to hydrolysis) is 1. The third-order valence-electron chi connectivity index (χ3n) is 3.80. The number of nitrogens with one attached hydrogen (secondary N) is 1. The molecule has 19 heavy (non-hydrogen) atoms. The van der Waals surface area contributed by atoms with Crippen molar-refractivity contribution in [3.05, 3.63) is 0 Å². The van der Waals surface area contributed by atoms with Crippen LogP contribution in [0.2, 0.25) is 0 Å². The second-order valence-electron chi connectivity index (χ2n) is 6.70. The molecule has 5 heteroatoms. The molecular formula is C14H25NO4. The van der Waals surface area contributed by atoms with Crippen LogP contribution in [-0.4, -0.2) is 28.8 Å². The van der Waals surface area contributed by atoms with E-state index in [9.17, 15) is 14.7 Å². The lowest BCUT2D eigenvalue weighted by Gasteiger charge is -2.29. The van der Waals surface area contributed by atoms with Gasteiger partial charge in [0.1, 0.15) is 5.60 Å². The van der Waals surface area contributed by atoms with Gasteiger partial charge in [0.05, 0.1) is 5.41 Å². The fraction of sp³-hybridized carbons (Fsp3) is 0.857. The molecule has 0 heterocycles. The molecule has 1 aliphatic rings. The fourth-order valence-electron chi connectivity index (χ4n) is 2.64. The molecule has 0 aromatic carbocycles. The largest absolute Gasteiger partial charge is 0.481 e. The van der Waals surface area contributed by atoms with Gasteiger partial charge in [0.2, 0.25) is 0 Å². The Morgan fingerprint density at radius 3 is 2.32 bits per heavy atom. The number of hydrogen-bond acceptors (Lipinski definition) is 3. The summed E-state index contributed by atoms with van der Waals surface area (Å²) in [4.78, 5) is 23.2. The van der Waals surface area contributed by atoms with Crippen molar-refractivity contribution in [3.63, 3.8) is 0 Å². The highest BCUT2D eigenvalue weighted by Gasteiger charge is 2.48. The van der Waals surface area contributed by atoms with Crippen LogP contribution in [0.25, 0.3) is 0 Å². The van der Waals surface area contributed by atoms with Crippen LogP contribution in [-0.2, 0) is 9.53 Å². The van der Waals surface area contributed by atoms with Crippen LogP contribution >= 0.6 is 0 Å². The van der Waals surface area contributed by atoms with E-state index in [1.54, 1.807) is 20.8 Å². The van der Waals surface area contributed by atoms with E-state index in [2.05, 4.69) is 5.32 Å². The van der Waals surface area contributed by atoms with E-state index in [-0.39, 0.29) is 12.0 Å². The van der Waals surface area contributed by atoms with Gasteiger partial charge in [-0.25, -0.2) is 4.79 Å². The summed E-state index contributed by atoms with van der Waals surface area (Å²) in [6, 6.07) is -0.117. The molecule has 0 bridgehead atoms. The average Bonchev–Trinajstić information content (AvgIpc) is 2.59. The van der Waals surface area contributed by atoms with Gasteiger partial charge in [-0.3, -0.25) is 4.79 Å². The zero-order valence-corrected chi connectivity index (χ0v) is 12.4. The maximum atomic E-state index is 11.7. The van der Waals surface area contributed by atoms with E-state index >= 15 is 0 Å². The van der Waals surface area contributed by atoms with Crippen molar-refractivity contribution in [2.75, 3.05) is 0 Å². The molecule has 0 unspecified atom stereocenters. The van der Waals surface area contributed by atoms with Crippen molar-refractivity contribution in [3.8, 4) is 0 Å². The summed E-state index contributed by atoms with van der Waals surface area (Å²) in [5.41, 5.74) is -1.26. The normalized spacial score (nSPS) is 27.4. The van der Waals surface area contributed by atoms with Crippen LogP contribution in [0.3, 0.4) is 0 Å². The molecule has 0 radical (unpaired) electrons.